The van der Waals surface area contributed by atoms with E-state index in [2.05, 4.69) is 4.99 Å². The molecule has 1 heterocycles. The lowest BCUT2D eigenvalue weighted by Gasteiger charge is -2.06. The minimum absolute atomic E-state index is 0.251. The van der Waals surface area contributed by atoms with Gasteiger partial charge in [-0.25, -0.2) is 14.2 Å². The maximum absolute atomic E-state index is 12.9. The molecule has 0 amide bonds. The Morgan fingerprint density at radius 3 is 2.52 bits per heavy atom. The van der Waals surface area contributed by atoms with Crippen molar-refractivity contribution in [1.29, 1.82) is 0 Å². The molecule has 29 heavy (non-hydrogen) atoms. The Balaban J connectivity index is 1.45. The molecule has 144 valence electrons. The molecule has 0 saturated carbocycles. The fourth-order valence-electron chi connectivity index (χ4n) is 2.88. The van der Waals surface area contributed by atoms with E-state index in [1.807, 2.05) is 43.3 Å². The molecule has 4 rings (SSSR count). The molecule has 0 unspecified atom stereocenters. The maximum atomic E-state index is 12.9. The van der Waals surface area contributed by atoms with Gasteiger partial charge in [0.2, 0.25) is 5.90 Å². The summed E-state index contributed by atoms with van der Waals surface area (Å²) in [5, 5.41) is 0. The van der Waals surface area contributed by atoms with Crippen LogP contribution < -0.4 is 4.74 Å². The Morgan fingerprint density at radius 1 is 1.03 bits per heavy atom. The van der Waals surface area contributed by atoms with Crippen molar-refractivity contribution in [3.05, 3.63) is 107 Å². The number of rotatable bonds is 5. The van der Waals surface area contributed by atoms with E-state index in [9.17, 15) is 9.18 Å². The summed E-state index contributed by atoms with van der Waals surface area (Å²) in [6.45, 7) is 2.31. The van der Waals surface area contributed by atoms with Crippen molar-refractivity contribution in [3.8, 4) is 5.75 Å². The number of cyclic esters (lactones) is 1. The topological polar surface area (TPSA) is 47.9 Å². The SMILES string of the molecule is Cc1cccc(C2=NC(=Cc3ccc(OCc4ccc(F)cc4)cc3)C(=O)O2)c1. The first-order chi connectivity index (χ1) is 14.1. The number of hydrogen-bond acceptors (Lipinski definition) is 4. The summed E-state index contributed by atoms with van der Waals surface area (Å²) in [5.74, 6) is 0.238. The van der Waals surface area contributed by atoms with Crippen molar-refractivity contribution in [2.24, 2.45) is 4.99 Å². The van der Waals surface area contributed by atoms with Gasteiger partial charge in [-0.3, -0.25) is 0 Å². The van der Waals surface area contributed by atoms with Gasteiger partial charge in [0.15, 0.2) is 5.70 Å². The summed E-state index contributed by atoms with van der Waals surface area (Å²) < 4.78 is 23.9. The normalized spacial score (nSPS) is 14.6. The number of hydrogen-bond donors (Lipinski definition) is 0. The number of nitrogens with zero attached hydrogens (tertiary/aromatic N) is 1. The summed E-state index contributed by atoms with van der Waals surface area (Å²) in [4.78, 5) is 16.5. The molecule has 0 N–H and O–H groups in total. The molecule has 4 nitrogen and oxygen atoms in total. The van der Waals surface area contributed by atoms with Crippen molar-refractivity contribution in [1.82, 2.24) is 0 Å². The predicted octanol–water partition coefficient (Wildman–Crippen LogP) is 5.06. The molecule has 0 spiro atoms. The largest absolute Gasteiger partial charge is 0.489 e. The van der Waals surface area contributed by atoms with Crippen LogP contribution >= 0.6 is 0 Å². The van der Waals surface area contributed by atoms with Crippen LogP contribution in [0.2, 0.25) is 0 Å². The van der Waals surface area contributed by atoms with Gasteiger partial charge in [-0.1, -0.05) is 42.0 Å². The Morgan fingerprint density at radius 2 is 1.79 bits per heavy atom. The Hall–Kier alpha value is -3.73. The van der Waals surface area contributed by atoms with Crippen LogP contribution in [-0.4, -0.2) is 11.9 Å². The van der Waals surface area contributed by atoms with Gasteiger partial charge >= 0.3 is 5.97 Å². The van der Waals surface area contributed by atoms with Gasteiger partial charge in [0, 0.05) is 5.56 Å². The second kappa shape index (κ2) is 8.10. The molecule has 0 fully saturated rings. The number of esters is 1. The van der Waals surface area contributed by atoms with E-state index in [1.165, 1.54) is 12.1 Å². The van der Waals surface area contributed by atoms with E-state index >= 15 is 0 Å². The third-order valence-corrected chi connectivity index (χ3v) is 4.39. The first-order valence-electron chi connectivity index (χ1n) is 9.14. The molecule has 0 aromatic heterocycles. The summed E-state index contributed by atoms with van der Waals surface area (Å²) in [5.41, 5.74) is 3.77. The molecule has 5 heteroatoms. The van der Waals surface area contributed by atoms with E-state index in [1.54, 1.807) is 30.3 Å². The molecule has 0 bridgehead atoms. The van der Waals surface area contributed by atoms with Crippen LogP contribution in [0.5, 0.6) is 5.75 Å². The maximum Gasteiger partial charge on any atom is 0.363 e. The average Bonchev–Trinajstić information content (AvgIpc) is 3.09. The first-order valence-corrected chi connectivity index (χ1v) is 9.14. The number of halogens is 1. The average molecular weight is 387 g/mol. The van der Waals surface area contributed by atoms with Crippen LogP contribution in [-0.2, 0) is 16.1 Å². The minimum atomic E-state index is -0.474. The highest BCUT2D eigenvalue weighted by Gasteiger charge is 2.24. The Kier molecular flexibility index (Phi) is 5.20. The van der Waals surface area contributed by atoms with Gasteiger partial charge in [-0.2, -0.15) is 0 Å². The molecule has 1 aliphatic heterocycles. The van der Waals surface area contributed by atoms with E-state index in [4.69, 9.17) is 9.47 Å². The summed E-state index contributed by atoms with van der Waals surface area (Å²) >= 11 is 0. The van der Waals surface area contributed by atoms with E-state index < -0.39 is 5.97 Å². The highest BCUT2D eigenvalue weighted by molar-refractivity contribution is 6.12. The molecule has 3 aromatic carbocycles. The fraction of sp³-hybridized carbons (Fsp3) is 0.0833. The Labute approximate surface area is 167 Å². The first kappa shape index (κ1) is 18.6. The second-order valence-electron chi connectivity index (χ2n) is 6.69. The lowest BCUT2D eigenvalue weighted by molar-refractivity contribution is -0.129. The zero-order chi connectivity index (χ0) is 20.2. The smallest absolute Gasteiger partial charge is 0.363 e. The van der Waals surface area contributed by atoms with Crippen LogP contribution in [0.4, 0.5) is 4.39 Å². The van der Waals surface area contributed by atoms with Gasteiger partial charge in [-0.15, -0.1) is 0 Å². The number of aryl methyl sites for hydroxylation is 1. The highest BCUT2D eigenvalue weighted by atomic mass is 19.1. The van der Waals surface area contributed by atoms with E-state index in [-0.39, 0.29) is 11.5 Å². The molecule has 1 aliphatic rings. The predicted molar refractivity (Wildman–Crippen MR) is 109 cm³/mol. The number of ether oxygens (including phenoxy) is 2. The lowest BCUT2D eigenvalue weighted by atomic mass is 10.1. The van der Waals surface area contributed by atoms with Crippen LogP contribution in [0, 0.1) is 12.7 Å². The standard InChI is InChI=1S/C24H18FNO3/c1-16-3-2-4-19(13-16)23-26-22(24(27)29-23)14-17-7-11-21(12-8-17)28-15-18-5-9-20(25)10-6-18/h2-14H,15H2,1H3. The van der Waals surface area contributed by atoms with Crippen LogP contribution in [0.25, 0.3) is 6.08 Å². The third-order valence-electron chi connectivity index (χ3n) is 4.39. The molecule has 0 saturated heterocycles. The summed E-state index contributed by atoms with van der Waals surface area (Å²) in [6.07, 6.45) is 1.68. The van der Waals surface area contributed by atoms with Gasteiger partial charge in [0.05, 0.1) is 0 Å². The van der Waals surface area contributed by atoms with Crippen LogP contribution in [0.1, 0.15) is 22.3 Å². The molecular formula is C24H18FNO3. The fourth-order valence-corrected chi connectivity index (χ4v) is 2.88. The van der Waals surface area contributed by atoms with Gasteiger partial charge in [0.25, 0.3) is 0 Å². The van der Waals surface area contributed by atoms with Crippen LogP contribution in [0.15, 0.2) is 83.5 Å². The van der Waals surface area contributed by atoms with Gasteiger partial charge < -0.3 is 9.47 Å². The van der Waals surface area contributed by atoms with Gasteiger partial charge in [0.1, 0.15) is 18.2 Å². The molecule has 3 aromatic rings. The van der Waals surface area contributed by atoms with Crippen molar-refractivity contribution >= 4 is 17.9 Å². The van der Waals surface area contributed by atoms with Gasteiger partial charge in [-0.05, 0) is 60.5 Å². The van der Waals surface area contributed by atoms with Crippen molar-refractivity contribution in [2.75, 3.05) is 0 Å². The number of carbonyl (C=O) groups is 1. The number of carbonyl (C=O) groups excluding carboxylic acids is 1. The molecule has 0 radical (unpaired) electrons. The zero-order valence-corrected chi connectivity index (χ0v) is 15.8. The second-order valence-corrected chi connectivity index (χ2v) is 6.69. The van der Waals surface area contributed by atoms with E-state index in [0.29, 0.717) is 18.3 Å². The lowest BCUT2D eigenvalue weighted by Crippen LogP contribution is -2.05. The molecular weight excluding hydrogens is 369 g/mol. The monoisotopic (exact) mass is 387 g/mol. The highest BCUT2D eigenvalue weighted by Crippen LogP contribution is 2.21. The molecule has 0 atom stereocenters. The number of aliphatic imine (C=N–C) groups is 1. The molecule has 0 aliphatic carbocycles. The zero-order valence-electron chi connectivity index (χ0n) is 15.8. The van der Waals surface area contributed by atoms with Crippen molar-refractivity contribution < 1.29 is 18.7 Å². The summed E-state index contributed by atoms with van der Waals surface area (Å²) in [7, 11) is 0. The minimum Gasteiger partial charge on any atom is -0.489 e. The van der Waals surface area contributed by atoms with Crippen molar-refractivity contribution in [2.45, 2.75) is 13.5 Å². The van der Waals surface area contributed by atoms with E-state index in [0.717, 1.165) is 22.3 Å². The quantitative estimate of drug-likeness (QED) is 0.454. The van der Waals surface area contributed by atoms with Crippen molar-refractivity contribution in [3.63, 3.8) is 0 Å². The summed E-state index contributed by atoms with van der Waals surface area (Å²) in [6, 6.07) is 21.1. The Bertz CT molecular complexity index is 1100. The number of benzene rings is 3. The third kappa shape index (κ3) is 4.58. The van der Waals surface area contributed by atoms with Crippen LogP contribution in [0.3, 0.4) is 0 Å².